The monoisotopic (exact) mass is 372 g/mol. The van der Waals surface area contributed by atoms with E-state index in [9.17, 15) is 19.8 Å². The van der Waals surface area contributed by atoms with Crippen molar-refractivity contribution >= 4 is 23.7 Å². The van der Waals surface area contributed by atoms with Crippen LogP contribution in [0.4, 0.5) is 0 Å². The van der Waals surface area contributed by atoms with Crippen LogP contribution in [0.3, 0.4) is 0 Å². The van der Waals surface area contributed by atoms with Crippen molar-refractivity contribution in [1.82, 2.24) is 0 Å². The standard InChI is InChI=1S/C21H24O4S/c1-15(2)12-21(19(22)23,20(24)25)13-17-10-6-7-11-18(17)26-14-16-8-4-3-5-9-16/h3-11,15H,12-14H2,1-2H3,(H,22,23)(H,24,25). The van der Waals surface area contributed by atoms with Gasteiger partial charge in [-0.1, -0.05) is 62.4 Å². The number of hydrogen-bond donors (Lipinski definition) is 2. The molecule has 0 radical (unpaired) electrons. The molecule has 5 heteroatoms. The van der Waals surface area contributed by atoms with Crippen LogP contribution < -0.4 is 0 Å². The average Bonchev–Trinajstić information content (AvgIpc) is 2.60. The molecule has 0 amide bonds. The number of hydrogen-bond acceptors (Lipinski definition) is 3. The molecule has 2 aromatic rings. The summed E-state index contributed by atoms with van der Waals surface area (Å²) in [5.74, 6) is -1.84. The summed E-state index contributed by atoms with van der Waals surface area (Å²) in [6.07, 6.45) is 0.0726. The minimum absolute atomic E-state index is 0.0200. The summed E-state index contributed by atoms with van der Waals surface area (Å²) in [5, 5.41) is 19.4. The Morgan fingerprint density at radius 1 is 0.962 bits per heavy atom. The Labute approximate surface area is 158 Å². The first-order chi connectivity index (χ1) is 12.3. The van der Waals surface area contributed by atoms with Crippen LogP contribution in [0, 0.1) is 11.3 Å². The molecule has 0 aromatic heterocycles. The van der Waals surface area contributed by atoms with Gasteiger partial charge in [-0.15, -0.1) is 11.8 Å². The van der Waals surface area contributed by atoms with Gasteiger partial charge in [0.25, 0.3) is 0 Å². The summed E-state index contributed by atoms with van der Waals surface area (Å²) in [6.45, 7) is 3.69. The van der Waals surface area contributed by atoms with Crippen LogP contribution in [0.25, 0.3) is 0 Å². The highest BCUT2D eigenvalue weighted by molar-refractivity contribution is 7.98. The topological polar surface area (TPSA) is 74.6 Å². The van der Waals surface area contributed by atoms with Crippen LogP contribution in [0.1, 0.15) is 31.4 Å². The summed E-state index contributed by atoms with van der Waals surface area (Å²) >= 11 is 1.60. The smallest absolute Gasteiger partial charge is 0.321 e. The van der Waals surface area contributed by atoms with Crippen LogP contribution in [0.5, 0.6) is 0 Å². The van der Waals surface area contributed by atoms with E-state index < -0.39 is 17.4 Å². The zero-order valence-corrected chi connectivity index (χ0v) is 15.8. The summed E-state index contributed by atoms with van der Waals surface area (Å²) in [4.78, 5) is 24.7. The molecular formula is C21H24O4S. The maximum absolute atomic E-state index is 11.9. The summed E-state index contributed by atoms with van der Waals surface area (Å²) < 4.78 is 0. The molecule has 0 unspecified atom stereocenters. The van der Waals surface area contributed by atoms with Crippen molar-refractivity contribution < 1.29 is 19.8 Å². The Balaban J connectivity index is 2.29. The normalized spacial score (nSPS) is 11.5. The Bertz CT molecular complexity index is 742. The molecule has 2 N–H and O–H groups in total. The largest absolute Gasteiger partial charge is 0.480 e. The van der Waals surface area contributed by atoms with E-state index in [1.807, 2.05) is 68.4 Å². The second kappa shape index (κ2) is 8.90. The SMILES string of the molecule is CC(C)CC(Cc1ccccc1SCc1ccccc1)(C(=O)O)C(=O)O. The van der Waals surface area contributed by atoms with Crippen molar-refractivity contribution in [1.29, 1.82) is 0 Å². The molecule has 0 saturated carbocycles. The summed E-state index contributed by atoms with van der Waals surface area (Å²) in [7, 11) is 0. The number of aliphatic carboxylic acids is 2. The maximum atomic E-state index is 11.9. The highest BCUT2D eigenvalue weighted by Gasteiger charge is 2.47. The van der Waals surface area contributed by atoms with Gasteiger partial charge >= 0.3 is 11.9 Å². The van der Waals surface area contributed by atoms with Crippen LogP contribution in [-0.4, -0.2) is 22.2 Å². The van der Waals surface area contributed by atoms with Gasteiger partial charge in [-0.05, 0) is 29.5 Å². The van der Waals surface area contributed by atoms with Crippen molar-refractivity contribution in [3.8, 4) is 0 Å². The van der Waals surface area contributed by atoms with E-state index in [2.05, 4.69) is 0 Å². The predicted molar refractivity (Wildman–Crippen MR) is 103 cm³/mol. The zero-order valence-electron chi connectivity index (χ0n) is 15.0. The Hall–Kier alpha value is -2.27. The fourth-order valence-corrected chi connectivity index (χ4v) is 4.05. The van der Waals surface area contributed by atoms with Crippen molar-refractivity contribution in [2.75, 3.05) is 0 Å². The van der Waals surface area contributed by atoms with Crippen LogP contribution in [0.15, 0.2) is 59.5 Å². The van der Waals surface area contributed by atoms with Gasteiger partial charge in [0.1, 0.15) is 0 Å². The van der Waals surface area contributed by atoms with Gasteiger partial charge in [-0.3, -0.25) is 9.59 Å². The third kappa shape index (κ3) is 4.88. The molecule has 2 aromatic carbocycles. The molecule has 26 heavy (non-hydrogen) atoms. The van der Waals surface area contributed by atoms with Crippen LogP contribution in [-0.2, 0) is 21.8 Å². The summed E-state index contributed by atoms with van der Waals surface area (Å²) in [6, 6.07) is 17.5. The van der Waals surface area contributed by atoms with Gasteiger partial charge in [0.2, 0.25) is 0 Å². The lowest BCUT2D eigenvalue weighted by Crippen LogP contribution is -2.42. The van der Waals surface area contributed by atoms with Gasteiger partial charge in [-0.25, -0.2) is 0 Å². The van der Waals surface area contributed by atoms with Gasteiger partial charge in [0, 0.05) is 17.1 Å². The maximum Gasteiger partial charge on any atom is 0.321 e. The second-order valence-corrected chi connectivity index (χ2v) is 7.87. The predicted octanol–water partition coefficient (Wildman–Crippen LogP) is 4.72. The fraction of sp³-hybridized carbons (Fsp3) is 0.333. The number of carboxylic acid groups (broad SMARTS) is 2. The molecule has 0 aliphatic rings. The molecule has 0 aliphatic heterocycles. The van der Waals surface area contributed by atoms with E-state index in [-0.39, 0.29) is 18.8 Å². The van der Waals surface area contributed by atoms with Crippen LogP contribution in [0.2, 0.25) is 0 Å². The molecule has 138 valence electrons. The number of benzene rings is 2. The highest BCUT2D eigenvalue weighted by Crippen LogP contribution is 2.36. The van der Waals surface area contributed by atoms with E-state index in [1.54, 1.807) is 11.8 Å². The molecule has 0 fully saturated rings. The lowest BCUT2D eigenvalue weighted by molar-refractivity contribution is -0.166. The first-order valence-corrected chi connectivity index (χ1v) is 9.55. The first kappa shape index (κ1) is 20.0. The highest BCUT2D eigenvalue weighted by atomic mass is 32.2. The third-order valence-corrected chi connectivity index (χ3v) is 5.46. The molecule has 0 spiro atoms. The lowest BCUT2D eigenvalue weighted by atomic mass is 9.75. The van der Waals surface area contributed by atoms with E-state index in [0.717, 1.165) is 21.8 Å². The lowest BCUT2D eigenvalue weighted by Gasteiger charge is -2.27. The number of carboxylic acids is 2. The van der Waals surface area contributed by atoms with Gasteiger partial charge in [-0.2, -0.15) is 0 Å². The molecule has 0 aliphatic carbocycles. The third-order valence-electron chi connectivity index (χ3n) is 4.28. The summed E-state index contributed by atoms with van der Waals surface area (Å²) in [5.41, 5.74) is 0.119. The molecule has 2 rings (SSSR count). The first-order valence-electron chi connectivity index (χ1n) is 8.56. The second-order valence-electron chi connectivity index (χ2n) is 6.85. The minimum Gasteiger partial charge on any atom is -0.480 e. The van der Waals surface area contributed by atoms with Gasteiger partial charge in [0.05, 0.1) is 0 Å². The Kier molecular flexibility index (Phi) is 6.86. The van der Waals surface area contributed by atoms with E-state index in [4.69, 9.17) is 0 Å². The van der Waals surface area contributed by atoms with Gasteiger partial charge < -0.3 is 10.2 Å². The number of thioether (sulfide) groups is 1. The Morgan fingerprint density at radius 3 is 2.12 bits per heavy atom. The molecule has 0 atom stereocenters. The van der Waals surface area contributed by atoms with Crippen molar-refractivity contribution in [3.63, 3.8) is 0 Å². The average molecular weight is 372 g/mol. The van der Waals surface area contributed by atoms with E-state index in [1.165, 1.54) is 0 Å². The molecule has 0 bridgehead atoms. The number of rotatable bonds is 9. The quantitative estimate of drug-likeness (QED) is 0.492. The van der Waals surface area contributed by atoms with Gasteiger partial charge in [0.15, 0.2) is 5.41 Å². The van der Waals surface area contributed by atoms with Crippen molar-refractivity contribution in [2.24, 2.45) is 11.3 Å². The van der Waals surface area contributed by atoms with Crippen molar-refractivity contribution in [2.45, 2.75) is 37.3 Å². The zero-order chi connectivity index (χ0) is 19.2. The van der Waals surface area contributed by atoms with Crippen LogP contribution >= 0.6 is 11.8 Å². The Morgan fingerprint density at radius 2 is 1.54 bits per heavy atom. The molecule has 0 saturated heterocycles. The van der Waals surface area contributed by atoms with E-state index in [0.29, 0.717) is 0 Å². The number of carbonyl (C=O) groups is 2. The fourth-order valence-electron chi connectivity index (χ4n) is 3.04. The minimum atomic E-state index is -1.81. The molecule has 0 heterocycles. The van der Waals surface area contributed by atoms with Crippen molar-refractivity contribution in [3.05, 3.63) is 65.7 Å². The molecular weight excluding hydrogens is 348 g/mol. The molecule has 4 nitrogen and oxygen atoms in total. The van der Waals surface area contributed by atoms with E-state index >= 15 is 0 Å².